The van der Waals surface area contributed by atoms with Gasteiger partial charge in [-0.1, -0.05) is 35.9 Å². The van der Waals surface area contributed by atoms with Gasteiger partial charge in [0.25, 0.3) is 5.91 Å². The molecular weight excluding hydrogens is 400 g/mol. The Balaban J connectivity index is 1.29. The maximum absolute atomic E-state index is 13.0. The van der Waals surface area contributed by atoms with Gasteiger partial charge in [0.1, 0.15) is 5.69 Å². The maximum atomic E-state index is 13.0. The number of likely N-dealkylation sites (tertiary alicyclic amines) is 1. The van der Waals surface area contributed by atoms with Crippen LogP contribution in [0.1, 0.15) is 33.6 Å². The van der Waals surface area contributed by atoms with Crippen molar-refractivity contribution in [1.82, 2.24) is 19.2 Å². The molecule has 1 saturated heterocycles. The van der Waals surface area contributed by atoms with Crippen LogP contribution in [0.2, 0.25) is 5.02 Å². The van der Waals surface area contributed by atoms with Crippen molar-refractivity contribution in [2.24, 2.45) is 0 Å². The van der Waals surface area contributed by atoms with Crippen LogP contribution in [0.25, 0.3) is 5.65 Å². The van der Waals surface area contributed by atoms with E-state index in [0.29, 0.717) is 29.5 Å². The summed E-state index contributed by atoms with van der Waals surface area (Å²) in [6.07, 6.45) is 4.80. The number of pyridine rings is 1. The summed E-state index contributed by atoms with van der Waals surface area (Å²) in [4.78, 5) is 21.5. The van der Waals surface area contributed by atoms with Crippen molar-refractivity contribution in [3.05, 3.63) is 70.1 Å². The molecular formula is C23H25ClN4O2. The van der Waals surface area contributed by atoms with Crippen molar-refractivity contribution in [2.75, 3.05) is 19.6 Å². The Labute approximate surface area is 180 Å². The van der Waals surface area contributed by atoms with Crippen LogP contribution >= 0.6 is 11.6 Å². The molecule has 5 rings (SSSR count). The molecule has 4 heterocycles. The van der Waals surface area contributed by atoms with E-state index in [4.69, 9.17) is 11.6 Å². The number of amides is 1. The molecule has 0 bridgehead atoms. The van der Waals surface area contributed by atoms with Gasteiger partial charge in [-0.3, -0.25) is 9.69 Å². The number of carbonyl (C=O) groups is 1. The van der Waals surface area contributed by atoms with E-state index in [0.717, 1.165) is 31.5 Å². The third-order valence-corrected chi connectivity index (χ3v) is 6.60. The Kier molecular flexibility index (Phi) is 5.01. The summed E-state index contributed by atoms with van der Waals surface area (Å²) in [6.45, 7) is 4.68. The van der Waals surface area contributed by atoms with Crippen LogP contribution in [0.3, 0.4) is 0 Å². The normalized spacial score (nSPS) is 22.3. The zero-order valence-corrected chi connectivity index (χ0v) is 17.7. The van der Waals surface area contributed by atoms with Crippen LogP contribution in [0.5, 0.6) is 0 Å². The first kappa shape index (κ1) is 19.5. The van der Waals surface area contributed by atoms with E-state index in [2.05, 4.69) is 34.1 Å². The molecule has 7 heteroatoms. The summed E-state index contributed by atoms with van der Waals surface area (Å²) < 4.78 is 1.79. The number of aliphatic hydroxyl groups is 1. The molecule has 30 heavy (non-hydrogen) atoms. The number of rotatable bonds is 2. The van der Waals surface area contributed by atoms with Crippen LogP contribution in [0.15, 0.2) is 42.7 Å². The summed E-state index contributed by atoms with van der Waals surface area (Å²) in [5, 5.41) is 11.4. The van der Waals surface area contributed by atoms with Gasteiger partial charge < -0.3 is 14.4 Å². The third kappa shape index (κ3) is 3.49. The third-order valence-electron chi connectivity index (χ3n) is 6.32. The summed E-state index contributed by atoms with van der Waals surface area (Å²) in [5.74, 6) is -0.158. The predicted molar refractivity (Wildman–Crippen MR) is 116 cm³/mol. The average Bonchev–Trinajstić information content (AvgIpc) is 3.17. The average molecular weight is 425 g/mol. The summed E-state index contributed by atoms with van der Waals surface area (Å²) in [7, 11) is 0. The minimum atomic E-state index is -0.573. The Bertz CT molecular complexity index is 1110. The topological polar surface area (TPSA) is 61.1 Å². The summed E-state index contributed by atoms with van der Waals surface area (Å²) in [5.41, 5.74) is 4.68. The number of halogens is 1. The van der Waals surface area contributed by atoms with Gasteiger partial charge in [0.2, 0.25) is 0 Å². The number of aliphatic hydroxyl groups excluding tert-OH is 1. The molecule has 2 aromatic heterocycles. The first-order valence-corrected chi connectivity index (χ1v) is 10.8. The number of aryl methyl sites for hydroxylation is 1. The maximum Gasteiger partial charge on any atom is 0.274 e. The highest BCUT2D eigenvalue weighted by atomic mass is 35.5. The van der Waals surface area contributed by atoms with Gasteiger partial charge in [-0.15, -0.1) is 0 Å². The quantitative estimate of drug-likeness (QED) is 0.687. The number of piperidine rings is 1. The zero-order chi connectivity index (χ0) is 20.8. The van der Waals surface area contributed by atoms with Crippen LogP contribution in [-0.2, 0) is 13.0 Å². The van der Waals surface area contributed by atoms with Crippen LogP contribution in [0, 0.1) is 6.92 Å². The smallest absolute Gasteiger partial charge is 0.274 e. The van der Waals surface area contributed by atoms with Gasteiger partial charge in [-0.2, -0.15) is 0 Å². The Morgan fingerprint density at radius 2 is 2.00 bits per heavy atom. The monoisotopic (exact) mass is 424 g/mol. The van der Waals surface area contributed by atoms with Crippen LogP contribution in [-0.4, -0.2) is 62.0 Å². The highest BCUT2D eigenvalue weighted by Gasteiger charge is 2.35. The zero-order valence-electron chi connectivity index (χ0n) is 17.0. The Morgan fingerprint density at radius 3 is 2.80 bits per heavy atom. The SMILES string of the molecule is Cc1cc(Cl)c2nc(C(=O)N3CC[C@H](N4CCc5ccccc5C4)[C@@H](O)C3)cn2c1. The number of nitrogens with zero attached hydrogens (tertiary/aromatic N) is 4. The molecule has 2 aliphatic rings. The van der Waals surface area contributed by atoms with Crippen LogP contribution in [0.4, 0.5) is 0 Å². The lowest BCUT2D eigenvalue weighted by molar-refractivity contribution is -0.0139. The van der Waals surface area contributed by atoms with E-state index in [1.807, 2.05) is 19.2 Å². The van der Waals surface area contributed by atoms with E-state index in [9.17, 15) is 9.90 Å². The number of hydrogen-bond donors (Lipinski definition) is 1. The summed E-state index contributed by atoms with van der Waals surface area (Å²) in [6, 6.07) is 10.4. The first-order chi connectivity index (χ1) is 14.5. The van der Waals surface area contributed by atoms with E-state index in [1.54, 1.807) is 15.5 Å². The molecule has 1 aromatic carbocycles. The molecule has 156 valence electrons. The van der Waals surface area contributed by atoms with Gasteiger partial charge >= 0.3 is 0 Å². The number of aromatic nitrogens is 2. The lowest BCUT2D eigenvalue weighted by Crippen LogP contribution is -2.56. The number of fused-ring (bicyclic) bond motifs is 2. The molecule has 0 radical (unpaired) electrons. The number of imidazole rings is 1. The number of carbonyl (C=O) groups excluding carboxylic acids is 1. The highest BCUT2D eigenvalue weighted by molar-refractivity contribution is 6.33. The lowest BCUT2D eigenvalue weighted by Gasteiger charge is -2.43. The van der Waals surface area contributed by atoms with Gasteiger partial charge in [0, 0.05) is 44.6 Å². The lowest BCUT2D eigenvalue weighted by atomic mass is 9.94. The van der Waals surface area contributed by atoms with Gasteiger partial charge in [-0.25, -0.2) is 4.98 Å². The molecule has 0 aliphatic carbocycles. The van der Waals surface area contributed by atoms with Crippen molar-refractivity contribution < 1.29 is 9.90 Å². The van der Waals surface area contributed by atoms with E-state index in [1.165, 1.54) is 11.1 Å². The fraction of sp³-hybridized carbons (Fsp3) is 0.391. The fourth-order valence-corrected chi connectivity index (χ4v) is 5.10. The number of benzene rings is 1. The molecule has 3 aromatic rings. The second kappa shape index (κ2) is 7.69. The van der Waals surface area contributed by atoms with E-state index in [-0.39, 0.29) is 11.9 Å². The van der Waals surface area contributed by atoms with Gasteiger partial charge in [-0.05, 0) is 42.5 Å². The van der Waals surface area contributed by atoms with E-state index >= 15 is 0 Å². The molecule has 0 saturated carbocycles. The molecule has 2 aliphatic heterocycles. The second-order valence-corrected chi connectivity index (χ2v) is 8.79. The minimum absolute atomic E-state index is 0.0700. The Hall–Kier alpha value is -2.41. The molecule has 1 fully saturated rings. The van der Waals surface area contributed by atoms with E-state index < -0.39 is 6.10 Å². The van der Waals surface area contributed by atoms with Crippen molar-refractivity contribution >= 4 is 23.2 Å². The highest BCUT2D eigenvalue weighted by Crippen LogP contribution is 2.26. The largest absolute Gasteiger partial charge is 0.390 e. The van der Waals surface area contributed by atoms with Crippen molar-refractivity contribution in [3.8, 4) is 0 Å². The second-order valence-electron chi connectivity index (χ2n) is 8.39. The predicted octanol–water partition coefficient (Wildman–Crippen LogP) is 2.93. The Morgan fingerprint density at radius 1 is 1.20 bits per heavy atom. The molecule has 2 atom stereocenters. The van der Waals surface area contributed by atoms with Crippen molar-refractivity contribution in [3.63, 3.8) is 0 Å². The molecule has 6 nitrogen and oxygen atoms in total. The minimum Gasteiger partial charge on any atom is -0.390 e. The standard InChI is InChI=1S/C23H25ClN4O2/c1-15-10-18(24)22-25-19(13-28(22)11-15)23(30)27-9-7-20(21(29)14-27)26-8-6-16-4-2-3-5-17(16)12-26/h2-5,10-11,13,20-21,29H,6-9,12,14H2,1H3/t20-,21-/m0/s1. The molecule has 1 N–H and O–H groups in total. The van der Waals surface area contributed by atoms with Gasteiger partial charge in [0.05, 0.1) is 11.1 Å². The number of β-amino-alcohol motifs (C(OH)–C–C–N with tert-alkyl or cyclic N) is 1. The molecule has 0 spiro atoms. The van der Waals surface area contributed by atoms with Gasteiger partial charge in [0.15, 0.2) is 5.65 Å². The summed E-state index contributed by atoms with van der Waals surface area (Å²) >= 11 is 6.28. The molecule has 1 amide bonds. The van der Waals surface area contributed by atoms with Crippen LogP contribution < -0.4 is 0 Å². The fourth-order valence-electron chi connectivity index (χ4n) is 4.79. The van der Waals surface area contributed by atoms with Crippen molar-refractivity contribution in [2.45, 2.75) is 38.5 Å². The first-order valence-electron chi connectivity index (χ1n) is 10.4. The van der Waals surface area contributed by atoms with Crippen molar-refractivity contribution in [1.29, 1.82) is 0 Å². The number of hydrogen-bond acceptors (Lipinski definition) is 4. The molecule has 0 unspecified atom stereocenters.